The van der Waals surface area contributed by atoms with Crippen molar-refractivity contribution in [1.29, 1.82) is 0 Å². The first kappa shape index (κ1) is 21.1. The molecule has 0 radical (unpaired) electrons. The van der Waals surface area contributed by atoms with Crippen LogP contribution in [0.25, 0.3) is 0 Å². The van der Waals surface area contributed by atoms with Gasteiger partial charge in [-0.2, -0.15) is 0 Å². The SMILES string of the molecule is COc1ccc2c(c1)CCC(c1ccccc1)C2c1ccc(OC(C)N2CCCC2)cc1. The maximum absolute atomic E-state index is 6.26. The van der Waals surface area contributed by atoms with Crippen LogP contribution < -0.4 is 9.47 Å². The summed E-state index contributed by atoms with van der Waals surface area (Å²) < 4.78 is 11.8. The maximum Gasteiger partial charge on any atom is 0.149 e. The first-order chi connectivity index (χ1) is 15.7. The molecule has 0 aromatic heterocycles. The Labute approximate surface area is 192 Å². The van der Waals surface area contributed by atoms with Crippen molar-refractivity contribution in [2.45, 2.75) is 50.7 Å². The molecule has 1 heterocycles. The molecule has 0 amide bonds. The highest BCUT2D eigenvalue weighted by Gasteiger charge is 2.32. The highest BCUT2D eigenvalue weighted by atomic mass is 16.5. The molecular formula is C29H33NO2. The van der Waals surface area contributed by atoms with Gasteiger partial charge < -0.3 is 9.47 Å². The highest BCUT2D eigenvalue weighted by Crippen LogP contribution is 2.47. The fourth-order valence-corrected chi connectivity index (χ4v) is 5.53. The van der Waals surface area contributed by atoms with Gasteiger partial charge in [0.2, 0.25) is 0 Å². The van der Waals surface area contributed by atoms with E-state index in [9.17, 15) is 0 Å². The van der Waals surface area contributed by atoms with E-state index >= 15 is 0 Å². The second-order valence-electron chi connectivity index (χ2n) is 9.13. The molecule has 0 N–H and O–H groups in total. The normalized spacial score (nSPS) is 21.7. The van der Waals surface area contributed by atoms with E-state index in [-0.39, 0.29) is 6.23 Å². The van der Waals surface area contributed by atoms with Gasteiger partial charge in [-0.15, -0.1) is 0 Å². The number of nitrogens with zero attached hydrogens (tertiary/aromatic N) is 1. The first-order valence-corrected chi connectivity index (χ1v) is 12.0. The molecule has 3 unspecified atom stereocenters. The molecule has 3 aromatic carbocycles. The fourth-order valence-electron chi connectivity index (χ4n) is 5.53. The topological polar surface area (TPSA) is 21.7 Å². The summed E-state index contributed by atoms with van der Waals surface area (Å²) in [5.41, 5.74) is 5.60. The summed E-state index contributed by atoms with van der Waals surface area (Å²) in [4.78, 5) is 2.42. The largest absolute Gasteiger partial charge is 0.497 e. The molecule has 166 valence electrons. The minimum Gasteiger partial charge on any atom is -0.497 e. The second kappa shape index (κ2) is 9.38. The van der Waals surface area contributed by atoms with Crippen LogP contribution in [0.2, 0.25) is 0 Å². The quantitative estimate of drug-likeness (QED) is 0.456. The summed E-state index contributed by atoms with van der Waals surface area (Å²) in [5, 5.41) is 0. The zero-order valence-electron chi connectivity index (χ0n) is 19.2. The molecule has 5 rings (SSSR count). The lowest BCUT2D eigenvalue weighted by atomic mass is 9.69. The number of methoxy groups -OCH3 is 1. The smallest absolute Gasteiger partial charge is 0.149 e. The average Bonchev–Trinajstić information content (AvgIpc) is 3.39. The van der Waals surface area contributed by atoms with Crippen LogP contribution in [0.4, 0.5) is 0 Å². The van der Waals surface area contributed by atoms with Gasteiger partial charge in [0, 0.05) is 19.0 Å². The van der Waals surface area contributed by atoms with E-state index < -0.39 is 0 Å². The van der Waals surface area contributed by atoms with E-state index in [1.54, 1.807) is 7.11 Å². The van der Waals surface area contributed by atoms with Gasteiger partial charge in [-0.3, -0.25) is 4.90 Å². The minimum atomic E-state index is 0.128. The molecule has 1 aliphatic heterocycles. The number of hydrogen-bond donors (Lipinski definition) is 0. The van der Waals surface area contributed by atoms with Gasteiger partial charge in [-0.25, -0.2) is 0 Å². The second-order valence-corrected chi connectivity index (χ2v) is 9.13. The number of aryl methyl sites for hydroxylation is 1. The molecule has 1 aliphatic carbocycles. The molecule has 3 nitrogen and oxygen atoms in total. The predicted octanol–water partition coefficient (Wildman–Crippen LogP) is 6.38. The van der Waals surface area contributed by atoms with E-state index in [1.807, 2.05) is 0 Å². The summed E-state index contributed by atoms with van der Waals surface area (Å²) in [6.45, 7) is 4.44. The zero-order chi connectivity index (χ0) is 21.9. The van der Waals surface area contributed by atoms with E-state index in [4.69, 9.17) is 9.47 Å². The van der Waals surface area contributed by atoms with Crippen LogP contribution in [0.3, 0.4) is 0 Å². The van der Waals surface area contributed by atoms with Gasteiger partial charge in [0.25, 0.3) is 0 Å². The van der Waals surface area contributed by atoms with Crippen LogP contribution in [-0.2, 0) is 6.42 Å². The van der Waals surface area contributed by atoms with Crippen LogP contribution in [0, 0.1) is 0 Å². The molecule has 0 bridgehead atoms. The van der Waals surface area contributed by atoms with Gasteiger partial charge in [0.1, 0.15) is 17.7 Å². The lowest BCUT2D eigenvalue weighted by Gasteiger charge is -2.35. The summed E-state index contributed by atoms with van der Waals surface area (Å²) in [6, 6.07) is 26.4. The number of ether oxygens (including phenoxy) is 2. The maximum atomic E-state index is 6.26. The van der Waals surface area contributed by atoms with Crippen LogP contribution in [-0.4, -0.2) is 31.3 Å². The molecular weight excluding hydrogens is 394 g/mol. The van der Waals surface area contributed by atoms with Crippen LogP contribution in [0.15, 0.2) is 72.8 Å². The minimum absolute atomic E-state index is 0.128. The van der Waals surface area contributed by atoms with Crippen LogP contribution in [0.5, 0.6) is 11.5 Å². The van der Waals surface area contributed by atoms with Crippen molar-refractivity contribution in [2.75, 3.05) is 20.2 Å². The van der Waals surface area contributed by atoms with Gasteiger partial charge in [-0.05, 0) is 85.0 Å². The van der Waals surface area contributed by atoms with E-state index in [2.05, 4.69) is 84.6 Å². The third-order valence-electron chi connectivity index (χ3n) is 7.24. The molecule has 1 saturated heterocycles. The third-order valence-corrected chi connectivity index (χ3v) is 7.24. The summed E-state index contributed by atoms with van der Waals surface area (Å²) >= 11 is 0. The molecule has 3 aromatic rings. The fraction of sp³-hybridized carbons (Fsp3) is 0.379. The number of benzene rings is 3. The Balaban J connectivity index is 1.45. The Morgan fingerprint density at radius 1 is 0.844 bits per heavy atom. The zero-order valence-corrected chi connectivity index (χ0v) is 19.2. The van der Waals surface area contributed by atoms with Crippen molar-refractivity contribution in [3.8, 4) is 11.5 Å². The number of fused-ring (bicyclic) bond motifs is 1. The molecule has 1 fully saturated rings. The van der Waals surface area contributed by atoms with Gasteiger partial charge >= 0.3 is 0 Å². The Kier molecular flexibility index (Phi) is 6.18. The average molecular weight is 428 g/mol. The molecule has 2 aliphatic rings. The van der Waals surface area contributed by atoms with E-state index in [1.165, 1.54) is 35.1 Å². The standard InChI is InChI=1S/C29H33NO2/c1-21(30-18-6-7-19-30)32-25-13-10-23(11-14-25)29-27(22-8-4-3-5-9-22)16-12-24-20-26(31-2)15-17-28(24)29/h3-5,8-11,13-15,17,20-21,27,29H,6-7,12,16,18-19H2,1-2H3. The third kappa shape index (κ3) is 4.27. The molecule has 3 heteroatoms. The number of rotatable bonds is 6. The number of hydrogen-bond acceptors (Lipinski definition) is 3. The number of likely N-dealkylation sites (tertiary alicyclic amines) is 1. The van der Waals surface area contributed by atoms with Crippen molar-refractivity contribution in [1.82, 2.24) is 4.90 Å². The molecule has 0 spiro atoms. The first-order valence-electron chi connectivity index (χ1n) is 12.0. The van der Waals surface area contributed by atoms with Gasteiger partial charge in [0.15, 0.2) is 0 Å². The monoisotopic (exact) mass is 427 g/mol. The summed E-state index contributed by atoms with van der Waals surface area (Å²) in [5.74, 6) is 2.69. The van der Waals surface area contributed by atoms with Gasteiger partial charge in [-0.1, -0.05) is 48.5 Å². The Morgan fingerprint density at radius 3 is 2.28 bits per heavy atom. The predicted molar refractivity (Wildman–Crippen MR) is 130 cm³/mol. The van der Waals surface area contributed by atoms with Crippen molar-refractivity contribution >= 4 is 0 Å². The summed E-state index contributed by atoms with van der Waals surface area (Å²) in [6.07, 6.45) is 4.90. The van der Waals surface area contributed by atoms with E-state index in [0.717, 1.165) is 37.4 Å². The van der Waals surface area contributed by atoms with Crippen molar-refractivity contribution in [3.05, 3.63) is 95.1 Å². The van der Waals surface area contributed by atoms with Crippen molar-refractivity contribution < 1.29 is 9.47 Å². The lowest BCUT2D eigenvalue weighted by Crippen LogP contribution is -2.34. The van der Waals surface area contributed by atoms with E-state index in [0.29, 0.717) is 11.8 Å². The Bertz CT molecular complexity index is 1020. The van der Waals surface area contributed by atoms with Crippen LogP contribution >= 0.6 is 0 Å². The van der Waals surface area contributed by atoms with Crippen LogP contribution in [0.1, 0.15) is 60.3 Å². The lowest BCUT2D eigenvalue weighted by molar-refractivity contribution is 0.0592. The Hall–Kier alpha value is -2.78. The summed E-state index contributed by atoms with van der Waals surface area (Å²) in [7, 11) is 1.75. The van der Waals surface area contributed by atoms with Gasteiger partial charge in [0.05, 0.1) is 7.11 Å². The van der Waals surface area contributed by atoms with Crippen molar-refractivity contribution in [2.24, 2.45) is 0 Å². The highest BCUT2D eigenvalue weighted by molar-refractivity contribution is 5.48. The molecule has 32 heavy (non-hydrogen) atoms. The molecule has 0 saturated carbocycles. The molecule has 3 atom stereocenters. The van der Waals surface area contributed by atoms with Crippen molar-refractivity contribution in [3.63, 3.8) is 0 Å². The Morgan fingerprint density at radius 2 is 1.56 bits per heavy atom.